The number of carbonyl (C=O) groups excluding carboxylic acids is 1. The van der Waals surface area contributed by atoms with Crippen molar-refractivity contribution in [1.29, 1.82) is 0 Å². The SMILES string of the molecule is CC(=O)c1c(C)nn(-c2ccc(Cl)cc2)c1S. The summed E-state index contributed by atoms with van der Waals surface area (Å²) in [4.78, 5) is 11.5. The average molecular weight is 267 g/mol. The van der Waals surface area contributed by atoms with Crippen LogP contribution in [0, 0.1) is 6.92 Å². The number of hydrogen-bond donors (Lipinski definition) is 1. The van der Waals surface area contributed by atoms with Gasteiger partial charge in [-0.05, 0) is 38.1 Å². The molecule has 0 unspecified atom stereocenters. The Morgan fingerprint density at radius 1 is 1.35 bits per heavy atom. The summed E-state index contributed by atoms with van der Waals surface area (Å²) >= 11 is 10.2. The van der Waals surface area contributed by atoms with Gasteiger partial charge in [-0.1, -0.05) is 11.6 Å². The van der Waals surface area contributed by atoms with Gasteiger partial charge in [-0.25, -0.2) is 4.68 Å². The highest BCUT2D eigenvalue weighted by Crippen LogP contribution is 2.23. The number of ketones is 1. The predicted octanol–water partition coefficient (Wildman–Crippen LogP) is 3.33. The number of nitrogens with zero attached hydrogens (tertiary/aromatic N) is 2. The molecule has 5 heteroatoms. The standard InChI is InChI=1S/C12H11ClN2OS/c1-7-11(8(2)16)12(17)15(14-7)10-5-3-9(13)4-6-10/h3-6,17H,1-2H3. The Bertz CT molecular complexity index is 575. The van der Waals surface area contributed by atoms with Crippen LogP contribution in [0.15, 0.2) is 29.3 Å². The molecule has 88 valence electrons. The largest absolute Gasteiger partial charge is 0.294 e. The minimum Gasteiger partial charge on any atom is -0.294 e. The van der Waals surface area contributed by atoms with Crippen molar-refractivity contribution in [3.8, 4) is 5.69 Å². The Kier molecular flexibility index (Phi) is 3.26. The molecule has 0 saturated carbocycles. The Labute approximate surface area is 110 Å². The van der Waals surface area contributed by atoms with E-state index in [1.807, 2.05) is 12.1 Å². The van der Waals surface area contributed by atoms with Crippen LogP contribution in [0.25, 0.3) is 5.69 Å². The molecule has 0 amide bonds. The number of Topliss-reactive ketones (excluding diaryl/α,β-unsaturated/α-hetero) is 1. The summed E-state index contributed by atoms with van der Waals surface area (Å²) in [6.07, 6.45) is 0. The molecule has 0 atom stereocenters. The van der Waals surface area contributed by atoms with E-state index < -0.39 is 0 Å². The minimum absolute atomic E-state index is 0.0345. The molecule has 1 heterocycles. The second-order valence-electron chi connectivity index (χ2n) is 3.73. The quantitative estimate of drug-likeness (QED) is 0.668. The van der Waals surface area contributed by atoms with Crippen molar-refractivity contribution in [1.82, 2.24) is 9.78 Å². The van der Waals surface area contributed by atoms with Crippen molar-refractivity contribution in [3.05, 3.63) is 40.5 Å². The van der Waals surface area contributed by atoms with Crippen LogP contribution in [0.1, 0.15) is 23.0 Å². The van der Waals surface area contributed by atoms with Crippen LogP contribution in [0.3, 0.4) is 0 Å². The van der Waals surface area contributed by atoms with Gasteiger partial charge in [-0.3, -0.25) is 4.79 Å². The molecule has 0 aliphatic heterocycles. The van der Waals surface area contributed by atoms with E-state index in [1.54, 1.807) is 23.7 Å². The maximum absolute atomic E-state index is 11.5. The van der Waals surface area contributed by atoms with Gasteiger partial charge in [0.2, 0.25) is 0 Å². The molecule has 1 aromatic carbocycles. The molecule has 0 bridgehead atoms. The maximum Gasteiger partial charge on any atom is 0.164 e. The molecular formula is C12H11ClN2OS. The van der Waals surface area contributed by atoms with Gasteiger partial charge in [0.15, 0.2) is 5.78 Å². The molecule has 2 rings (SSSR count). The van der Waals surface area contributed by atoms with Crippen LogP contribution in [-0.2, 0) is 0 Å². The van der Waals surface area contributed by atoms with Crippen molar-refractivity contribution >= 4 is 30.0 Å². The van der Waals surface area contributed by atoms with Crippen LogP contribution >= 0.6 is 24.2 Å². The highest BCUT2D eigenvalue weighted by atomic mass is 35.5. The second kappa shape index (κ2) is 4.55. The van der Waals surface area contributed by atoms with Gasteiger partial charge >= 0.3 is 0 Å². The number of aryl methyl sites for hydroxylation is 1. The highest BCUT2D eigenvalue weighted by molar-refractivity contribution is 7.80. The molecule has 0 saturated heterocycles. The van der Waals surface area contributed by atoms with E-state index in [2.05, 4.69) is 17.7 Å². The monoisotopic (exact) mass is 266 g/mol. The first kappa shape index (κ1) is 12.2. The summed E-state index contributed by atoms with van der Waals surface area (Å²) in [6.45, 7) is 3.30. The lowest BCUT2D eigenvalue weighted by molar-refractivity contribution is 0.101. The number of thiol groups is 1. The summed E-state index contributed by atoms with van der Waals surface area (Å²) in [5, 5.41) is 5.52. The number of benzene rings is 1. The predicted molar refractivity (Wildman–Crippen MR) is 70.6 cm³/mol. The first-order valence-corrected chi connectivity index (χ1v) is 5.88. The van der Waals surface area contributed by atoms with Crippen molar-refractivity contribution in [2.75, 3.05) is 0 Å². The Balaban J connectivity index is 2.57. The Morgan fingerprint density at radius 2 is 1.94 bits per heavy atom. The fourth-order valence-electron chi connectivity index (χ4n) is 1.69. The van der Waals surface area contributed by atoms with E-state index in [0.717, 1.165) is 5.69 Å². The van der Waals surface area contributed by atoms with Crippen molar-refractivity contribution in [2.45, 2.75) is 18.9 Å². The minimum atomic E-state index is -0.0345. The third-order valence-corrected chi connectivity index (χ3v) is 3.12. The molecule has 1 aromatic heterocycles. The van der Waals surface area contributed by atoms with E-state index >= 15 is 0 Å². The fraction of sp³-hybridized carbons (Fsp3) is 0.167. The molecule has 0 radical (unpaired) electrons. The van der Waals surface area contributed by atoms with E-state index in [-0.39, 0.29) is 5.78 Å². The molecular weight excluding hydrogens is 256 g/mol. The van der Waals surface area contributed by atoms with E-state index in [4.69, 9.17) is 11.6 Å². The molecule has 17 heavy (non-hydrogen) atoms. The number of aromatic nitrogens is 2. The number of hydrogen-bond acceptors (Lipinski definition) is 3. The first-order valence-electron chi connectivity index (χ1n) is 5.06. The second-order valence-corrected chi connectivity index (χ2v) is 4.59. The normalized spacial score (nSPS) is 10.6. The van der Waals surface area contributed by atoms with Gasteiger partial charge in [0, 0.05) is 5.02 Å². The summed E-state index contributed by atoms with van der Waals surface area (Å²) in [5.74, 6) is -0.0345. The highest BCUT2D eigenvalue weighted by Gasteiger charge is 2.16. The lowest BCUT2D eigenvalue weighted by atomic mass is 10.2. The average Bonchev–Trinajstić information content (AvgIpc) is 2.55. The fourth-order valence-corrected chi connectivity index (χ4v) is 2.30. The van der Waals surface area contributed by atoms with Gasteiger partial charge in [-0.2, -0.15) is 5.10 Å². The van der Waals surface area contributed by atoms with E-state index in [1.165, 1.54) is 6.92 Å². The number of carbonyl (C=O) groups is 1. The van der Waals surface area contributed by atoms with Crippen LogP contribution in [0.4, 0.5) is 0 Å². The number of halogens is 1. The summed E-state index contributed by atoms with van der Waals surface area (Å²) in [5.41, 5.74) is 2.07. The van der Waals surface area contributed by atoms with Gasteiger partial charge in [-0.15, -0.1) is 12.6 Å². The molecule has 0 aliphatic rings. The zero-order valence-corrected chi connectivity index (χ0v) is 11.1. The zero-order valence-electron chi connectivity index (χ0n) is 9.44. The molecule has 0 aliphatic carbocycles. The van der Waals surface area contributed by atoms with Crippen molar-refractivity contribution in [3.63, 3.8) is 0 Å². The summed E-state index contributed by atoms with van der Waals surface area (Å²) < 4.78 is 1.63. The third-order valence-electron chi connectivity index (χ3n) is 2.46. The molecule has 0 N–H and O–H groups in total. The topological polar surface area (TPSA) is 34.9 Å². The molecule has 0 fully saturated rings. The van der Waals surface area contributed by atoms with Crippen LogP contribution < -0.4 is 0 Å². The van der Waals surface area contributed by atoms with Crippen molar-refractivity contribution in [2.24, 2.45) is 0 Å². The summed E-state index contributed by atoms with van der Waals surface area (Å²) in [7, 11) is 0. The lowest BCUT2D eigenvalue weighted by Gasteiger charge is -2.03. The Hall–Kier alpha value is -1.26. The van der Waals surface area contributed by atoms with Gasteiger partial charge in [0.25, 0.3) is 0 Å². The van der Waals surface area contributed by atoms with E-state index in [0.29, 0.717) is 21.3 Å². The molecule has 3 nitrogen and oxygen atoms in total. The van der Waals surface area contributed by atoms with Gasteiger partial charge < -0.3 is 0 Å². The number of rotatable bonds is 2. The molecule has 2 aromatic rings. The Morgan fingerprint density at radius 3 is 2.41 bits per heavy atom. The third kappa shape index (κ3) is 2.23. The van der Waals surface area contributed by atoms with Gasteiger partial charge in [0.1, 0.15) is 5.03 Å². The molecule has 0 spiro atoms. The smallest absolute Gasteiger partial charge is 0.164 e. The maximum atomic E-state index is 11.5. The zero-order chi connectivity index (χ0) is 12.6. The van der Waals surface area contributed by atoms with Crippen LogP contribution in [0.5, 0.6) is 0 Å². The van der Waals surface area contributed by atoms with Gasteiger partial charge in [0.05, 0.1) is 16.9 Å². The van der Waals surface area contributed by atoms with Crippen LogP contribution in [-0.4, -0.2) is 15.6 Å². The lowest BCUT2D eigenvalue weighted by Crippen LogP contribution is -1.98. The van der Waals surface area contributed by atoms with Crippen molar-refractivity contribution < 1.29 is 4.79 Å². The van der Waals surface area contributed by atoms with Crippen LogP contribution in [0.2, 0.25) is 5.02 Å². The van der Waals surface area contributed by atoms with E-state index in [9.17, 15) is 4.79 Å². The summed E-state index contributed by atoms with van der Waals surface area (Å²) in [6, 6.07) is 7.21. The first-order chi connectivity index (χ1) is 8.00.